The molecule has 2 aromatic rings. The molecule has 1 heterocycles. The van der Waals surface area contributed by atoms with E-state index in [0.29, 0.717) is 5.56 Å². The number of benzene rings is 1. The Hall–Kier alpha value is -2.34. The van der Waals surface area contributed by atoms with Crippen molar-refractivity contribution in [1.29, 1.82) is 0 Å². The zero-order valence-corrected chi connectivity index (χ0v) is 10.6. The second-order valence-electron chi connectivity index (χ2n) is 3.69. The monoisotopic (exact) mass is 280 g/mol. The van der Waals surface area contributed by atoms with E-state index >= 15 is 0 Å². The van der Waals surface area contributed by atoms with Crippen LogP contribution in [0.2, 0.25) is 5.02 Å². The van der Waals surface area contributed by atoms with Gasteiger partial charge in [-0.15, -0.1) is 0 Å². The fourth-order valence-corrected chi connectivity index (χ4v) is 1.64. The largest absolute Gasteiger partial charge is 0.478 e. The van der Waals surface area contributed by atoms with Crippen LogP contribution in [0.5, 0.6) is 11.6 Å². The Morgan fingerprint density at radius 2 is 2.21 bits per heavy atom. The highest BCUT2D eigenvalue weighted by molar-refractivity contribution is 6.31. The third kappa shape index (κ3) is 2.58. The Labute approximate surface area is 112 Å². The van der Waals surface area contributed by atoms with Crippen molar-refractivity contribution in [3.05, 3.63) is 51.0 Å². The summed E-state index contributed by atoms with van der Waals surface area (Å²) >= 11 is 5.75. The van der Waals surface area contributed by atoms with Crippen LogP contribution in [0.4, 0.5) is 0 Å². The highest BCUT2D eigenvalue weighted by Gasteiger charge is 2.14. The van der Waals surface area contributed by atoms with Crippen molar-refractivity contribution >= 4 is 17.6 Å². The van der Waals surface area contributed by atoms with Gasteiger partial charge in [0.2, 0.25) is 5.88 Å². The third-order valence-electron chi connectivity index (χ3n) is 2.49. The van der Waals surface area contributed by atoms with E-state index < -0.39 is 11.5 Å². The van der Waals surface area contributed by atoms with Crippen LogP contribution in [0.15, 0.2) is 29.3 Å². The summed E-state index contributed by atoms with van der Waals surface area (Å²) in [4.78, 5) is 28.4. The standard InChI is InChI=1S/C12H9ClN2O4/c1-6-7(12(17)18)3-2-4-8(6)19-11-9(13)10(16)14-5-15-11/h2-5H,1H3,(H,17,18)(H,14,15,16). The molecule has 2 N–H and O–H groups in total. The number of H-pyrrole nitrogens is 1. The van der Waals surface area contributed by atoms with E-state index in [1.165, 1.54) is 12.1 Å². The maximum absolute atomic E-state index is 11.3. The third-order valence-corrected chi connectivity index (χ3v) is 2.82. The van der Waals surface area contributed by atoms with Gasteiger partial charge in [0.05, 0.1) is 11.9 Å². The minimum absolute atomic E-state index is 0.0731. The number of carboxylic acid groups (broad SMARTS) is 1. The van der Waals surface area contributed by atoms with Gasteiger partial charge in [0.1, 0.15) is 5.75 Å². The first-order valence-corrected chi connectivity index (χ1v) is 5.62. The van der Waals surface area contributed by atoms with E-state index in [0.717, 1.165) is 6.33 Å². The lowest BCUT2D eigenvalue weighted by Crippen LogP contribution is -2.08. The number of ether oxygens (including phenoxy) is 1. The zero-order chi connectivity index (χ0) is 14.0. The summed E-state index contributed by atoms with van der Waals surface area (Å²) in [6.45, 7) is 1.60. The lowest BCUT2D eigenvalue weighted by molar-refractivity contribution is 0.0695. The van der Waals surface area contributed by atoms with Gasteiger partial charge < -0.3 is 14.8 Å². The number of carboxylic acids is 1. The summed E-state index contributed by atoms with van der Waals surface area (Å²) in [6, 6.07) is 4.56. The number of rotatable bonds is 3. The van der Waals surface area contributed by atoms with E-state index in [1.54, 1.807) is 13.0 Å². The van der Waals surface area contributed by atoms with Crippen LogP contribution in [-0.4, -0.2) is 21.0 Å². The second kappa shape index (κ2) is 5.11. The average molecular weight is 281 g/mol. The Kier molecular flexibility index (Phi) is 3.52. The van der Waals surface area contributed by atoms with Gasteiger partial charge >= 0.3 is 5.97 Å². The first kappa shape index (κ1) is 13.1. The van der Waals surface area contributed by atoms with Crippen molar-refractivity contribution in [2.45, 2.75) is 6.92 Å². The van der Waals surface area contributed by atoms with Gasteiger partial charge in [-0.3, -0.25) is 4.79 Å². The fraction of sp³-hybridized carbons (Fsp3) is 0.0833. The molecule has 1 aromatic carbocycles. The molecule has 0 fully saturated rings. The molecule has 1 aromatic heterocycles. The highest BCUT2D eigenvalue weighted by Crippen LogP contribution is 2.28. The van der Waals surface area contributed by atoms with Crippen molar-refractivity contribution < 1.29 is 14.6 Å². The molecule has 0 bridgehead atoms. The molecule has 7 heteroatoms. The summed E-state index contributed by atoms with van der Waals surface area (Å²) in [7, 11) is 0. The fourth-order valence-electron chi connectivity index (χ4n) is 1.50. The van der Waals surface area contributed by atoms with Crippen molar-refractivity contribution in [3.8, 4) is 11.6 Å². The van der Waals surface area contributed by atoms with Crippen LogP contribution in [0.3, 0.4) is 0 Å². The van der Waals surface area contributed by atoms with Crippen LogP contribution < -0.4 is 10.3 Å². The molecule has 0 spiro atoms. The molecule has 0 saturated carbocycles. The predicted octanol–water partition coefficient (Wildman–Crippen LogP) is 2.22. The van der Waals surface area contributed by atoms with Crippen LogP contribution in [0.25, 0.3) is 0 Å². The first-order valence-electron chi connectivity index (χ1n) is 5.24. The highest BCUT2D eigenvalue weighted by atomic mass is 35.5. The van der Waals surface area contributed by atoms with E-state index in [4.69, 9.17) is 21.4 Å². The maximum Gasteiger partial charge on any atom is 0.336 e. The molecule has 0 aliphatic rings. The maximum atomic E-state index is 11.3. The average Bonchev–Trinajstić information content (AvgIpc) is 2.37. The molecular formula is C12H9ClN2O4. The Balaban J connectivity index is 2.44. The molecule has 19 heavy (non-hydrogen) atoms. The smallest absolute Gasteiger partial charge is 0.336 e. The molecule has 98 valence electrons. The Morgan fingerprint density at radius 3 is 2.89 bits per heavy atom. The quantitative estimate of drug-likeness (QED) is 0.899. The molecule has 0 unspecified atom stereocenters. The van der Waals surface area contributed by atoms with Gasteiger partial charge in [-0.1, -0.05) is 17.7 Å². The van der Waals surface area contributed by atoms with Gasteiger partial charge in [0.15, 0.2) is 5.02 Å². The van der Waals surface area contributed by atoms with Gasteiger partial charge in [-0.05, 0) is 19.1 Å². The van der Waals surface area contributed by atoms with Crippen LogP contribution in [-0.2, 0) is 0 Å². The van der Waals surface area contributed by atoms with E-state index in [-0.39, 0.29) is 22.2 Å². The van der Waals surface area contributed by atoms with Crippen molar-refractivity contribution in [2.24, 2.45) is 0 Å². The number of nitrogens with zero attached hydrogens (tertiary/aromatic N) is 1. The van der Waals surface area contributed by atoms with Gasteiger partial charge in [0, 0.05) is 5.56 Å². The number of aromatic nitrogens is 2. The predicted molar refractivity (Wildman–Crippen MR) is 68.1 cm³/mol. The minimum atomic E-state index is -1.06. The normalized spacial score (nSPS) is 10.2. The van der Waals surface area contributed by atoms with Crippen LogP contribution in [0.1, 0.15) is 15.9 Å². The summed E-state index contributed by atoms with van der Waals surface area (Å²) in [6.07, 6.45) is 1.15. The lowest BCUT2D eigenvalue weighted by Gasteiger charge is -2.10. The first-order chi connectivity index (χ1) is 9.00. The van der Waals surface area contributed by atoms with Gasteiger partial charge in [-0.25, -0.2) is 9.78 Å². The number of nitrogens with one attached hydrogen (secondary N) is 1. The van der Waals surface area contributed by atoms with E-state index in [2.05, 4.69) is 9.97 Å². The van der Waals surface area contributed by atoms with E-state index in [1.807, 2.05) is 0 Å². The molecule has 0 aliphatic heterocycles. The summed E-state index contributed by atoms with van der Waals surface area (Å²) in [5.74, 6) is -0.858. The summed E-state index contributed by atoms with van der Waals surface area (Å²) in [5.41, 5.74) is 0.00493. The number of hydrogen-bond donors (Lipinski definition) is 2. The van der Waals surface area contributed by atoms with Crippen molar-refractivity contribution in [3.63, 3.8) is 0 Å². The summed E-state index contributed by atoms with van der Waals surface area (Å²) < 4.78 is 5.39. The number of halogens is 1. The van der Waals surface area contributed by atoms with Gasteiger partial charge in [-0.2, -0.15) is 0 Å². The minimum Gasteiger partial charge on any atom is -0.478 e. The van der Waals surface area contributed by atoms with Gasteiger partial charge in [0.25, 0.3) is 5.56 Å². The molecule has 2 rings (SSSR count). The molecule has 0 aliphatic carbocycles. The second-order valence-corrected chi connectivity index (χ2v) is 4.06. The zero-order valence-electron chi connectivity index (χ0n) is 9.81. The molecule has 6 nitrogen and oxygen atoms in total. The summed E-state index contributed by atoms with van der Waals surface area (Å²) in [5, 5.41) is 8.81. The SMILES string of the molecule is Cc1c(Oc2nc[nH]c(=O)c2Cl)cccc1C(=O)O. The van der Waals surface area contributed by atoms with Crippen molar-refractivity contribution in [2.75, 3.05) is 0 Å². The number of aromatic amines is 1. The lowest BCUT2D eigenvalue weighted by atomic mass is 10.1. The molecule has 0 saturated heterocycles. The molecular weight excluding hydrogens is 272 g/mol. The topological polar surface area (TPSA) is 92.3 Å². The number of hydrogen-bond acceptors (Lipinski definition) is 4. The van der Waals surface area contributed by atoms with Crippen LogP contribution in [0, 0.1) is 6.92 Å². The number of carbonyl (C=O) groups is 1. The van der Waals surface area contributed by atoms with Crippen LogP contribution >= 0.6 is 11.6 Å². The molecule has 0 atom stereocenters. The van der Waals surface area contributed by atoms with Crippen molar-refractivity contribution in [1.82, 2.24) is 9.97 Å². The van der Waals surface area contributed by atoms with E-state index in [9.17, 15) is 9.59 Å². The Bertz CT molecular complexity index is 696. The molecule has 0 radical (unpaired) electrons. The molecule has 0 amide bonds. The number of aromatic carboxylic acids is 1. The Morgan fingerprint density at radius 1 is 1.47 bits per heavy atom.